The zero-order valence-corrected chi connectivity index (χ0v) is 14.2. The molecule has 0 radical (unpaired) electrons. The molecular formula is C15H10Br2N2O2. The van der Waals surface area contributed by atoms with Crippen LogP contribution in [0, 0.1) is 11.3 Å². The number of rotatable bonds is 3. The van der Waals surface area contributed by atoms with Crippen LogP contribution in [-0.2, 0) is 0 Å². The van der Waals surface area contributed by atoms with E-state index in [0.717, 1.165) is 4.47 Å². The van der Waals surface area contributed by atoms with E-state index in [1.54, 1.807) is 36.4 Å². The number of para-hydroxylation sites is 1. The van der Waals surface area contributed by atoms with Crippen LogP contribution in [0.1, 0.15) is 15.9 Å². The molecule has 0 bridgehead atoms. The van der Waals surface area contributed by atoms with Gasteiger partial charge in [-0.2, -0.15) is 5.26 Å². The van der Waals surface area contributed by atoms with Crippen molar-refractivity contribution in [2.45, 2.75) is 0 Å². The van der Waals surface area contributed by atoms with E-state index >= 15 is 0 Å². The van der Waals surface area contributed by atoms with Crippen LogP contribution < -0.4 is 10.1 Å². The second kappa shape index (κ2) is 6.74. The number of hydrogen-bond donors (Lipinski definition) is 1. The molecule has 1 N–H and O–H groups in total. The van der Waals surface area contributed by atoms with Crippen molar-refractivity contribution < 1.29 is 9.53 Å². The van der Waals surface area contributed by atoms with E-state index in [4.69, 9.17) is 10.00 Å². The molecule has 0 aliphatic heterocycles. The highest BCUT2D eigenvalue weighted by atomic mass is 79.9. The average Bonchev–Trinajstić information content (AvgIpc) is 2.47. The minimum Gasteiger partial charge on any atom is -0.495 e. The van der Waals surface area contributed by atoms with Gasteiger partial charge in [-0.25, -0.2) is 0 Å². The van der Waals surface area contributed by atoms with Gasteiger partial charge in [0, 0.05) is 4.47 Å². The van der Waals surface area contributed by atoms with Gasteiger partial charge < -0.3 is 10.1 Å². The summed E-state index contributed by atoms with van der Waals surface area (Å²) in [5.74, 6) is 0.0849. The molecule has 0 heterocycles. The smallest absolute Gasteiger partial charge is 0.259 e. The summed E-state index contributed by atoms with van der Waals surface area (Å²) in [6.07, 6.45) is 0. The monoisotopic (exact) mass is 408 g/mol. The molecule has 0 aliphatic rings. The van der Waals surface area contributed by atoms with Crippen LogP contribution in [0.3, 0.4) is 0 Å². The van der Waals surface area contributed by atoms with Crippen LogP contribution >= 0.6 is 31.9 Å². The van der Waals surface area contributed by atoms with Crippen molar-refractivity contribution in [2.75, 3.05) is 12.4 Å². The van der Waals surface area contributed by atoms with Gasteiger partial charge in [0.05, 0.1) is 28.4 Å². The number of nitrogens with one attached hydrogen (secondary N) is 1. The highest BCUT2D eigenvalue weighted by molar-refractivity contribution is 9.11. The van der Waals surface area contributed by atoms with Gasteiger partial charge in [-0.15, -0.1) is 0 Å². The van der Waals surface area contributed by atoms with E-state index in [2.05, 4.69) is 37.2 Å². The third kappa shape index (κ3) is 3.43. The summed E-state index contributed by atoms with van der Waals surface area (Å²) in [6, 6.07) is 12.3. The van der Waals surface area contributed by atoms with Gasteiger partial charge in [0.1, 0.15) is 11.8 Å². The van der Waals surface area contributed by atoms with Crippen LogP contribution in [0.15, 0.2) is 45.3 Å². The first-order chi connectivity index (χ1) is 10.1. The fourth-order valence-corrected chi connectivity index (χ4v) is 3.20. The first kappa shape index (κ1) is 15.5. The predicted molar refractivity (Wildman–Crippen MR) is 87.5 cm³/mol. The first-order valence-corrected chi connectivity index (χ1v) is 7.49. The molecule has 2 rings (SSSR count). The normalized spacial score (nSPS) is 9.81. The molecule has 0 fully saturated rings. The third-order valence-electron chi connectivity index (χ3n) is 2.75. The molecule has 0 spiro atoms. The molecule has 2 aromatic rings. The van der Waals surface area contributed by atoms with Gasteiger partial charge in [-0.1, -0.05) is 28.1 Å². The quantitative estimate of drug-likeness (QED) is 0.819. The number of amides is 1. The molecule has 0 aromatic heterocycles. The maximum absolute atomic E-state index is 12.4. The summed E-state index contributed by atoms with van der Waals surface area (Å²) >= 11 is 6.69. The molecule has 2 aromatic carbocycles. The van der Waals surface area contributed by atoms with Gasteiger partial charge in [0.2, 0.25) is 0 Å². The Hall–Kier alpha value is -1.84. The van der Waals surface area contributed by atoms with Crippen LogP contribution in [0.2, 0.25) is 0 Å². The highest BCUT2D eigenvalue weighted by Crippen LogP contribution is 2.33. The lowest BCUT2D eigenvalue weighted by Gasteiger charge is -2.12. The Bertz CT molecular complexity index is 739. The number of nitriles is 1. The van der Waals surface area contributed by atoms with Crippen molar-refractivity contribution in [3.63, 3.8) is 0 Å². The van der Waals surface area contributed by atoms with Gasteiger partial charge in [0.25, 0.3) is 5.91 Å². The minimum atomic E-state index is -0.350. The molecule has 6 heteroatoms. The lowest BCUT2D eigenvalue weighted by molar-refractivity contribution is 0.102. The van der Waals surface area contributed by atoms with Crippen molar-refractivity contribution in [3.05, 3.63) is 56.5 Å². The Morgan fingerprint density at radius 2 is 2.00 bits per heavy atom. The number of carbonyl (C=O) groups excluding carboxylic acids is 1. The summed E-state index contributed by atoms with van der Waals surface area (Å²) in [5.41, 5.74) is 1.23. The van der Waals surface area contributed by atoms with Crippen molar-refractivity contribution in [1.82, 2.24) is 0 Å². The standard InChI is InChI=1S/C15H10Br2N2O2/c1-21-14-11(6-10(16)7-12(14)17)15(20)19-13-5-3-2-4-9(13)8-18/h2-7H,1H3,(H,19,20). The van der Waals surface area contributed by atoms with Crippen LogP contribution in [0.25, 0.3) is 0 Å². The maximum Gasteiger partial charge on any atom is 0.259 e. The Balaban J connectivity index is 2.40. The lowest BCUT2D eigenvalue weighted by atomic mass is 10.1. The van der Waals surface area contributed by atoms with E-state index in [9.17, 15) is 4.79 Å². The van der Waals surface area contributed by atoms with E-state index in [1.807, 2.05) is 6.07 Å². The number of methoxy groups -OCH3 is 1. The molecular weight excluding hydrogens is 400 g/mol. The average molecular weight is 410 g/mol. The topological polar surface area (TPSA) is 62.1 Å². The SMILES string of the molecule is COc1c(Br)cc(Br)cc1C(=O)Nc1ccccc1C#N. The fraction of sp³-hybridized carbons (Fsp3) is 0.0667. The Morgan fingerprint density at radius 1 is 1.29 bits per heavy atom. The van der Waals surface area contributed by atoms with Crippen LogP contribution in [0.4, 0.5) is 5.69 Å². The highest BCUT2D eigenvalue weighted by Gasteiger charge is 2.17. The molecule has 106 valence electrons. The predicted octanol–water partition coefficient (Wildman–Crippen LogP) is 4.34. The second-order valence-corrected chi connectivity index (χ2v) is 5.85. The zero-order chi connectivity index (χ0) is 15.4. The number of carbonyl (C=O) groups is 1. The number of benzene rings is 2. The molecule has 0 atom stereocenters. The number of hydrogen-bond acceptors (Lipinski definition) is 3. The molecule has 21 heavy (non-hydrogen) atoms. The molecule has 1 amide bonds. The van der Waals surface area contributed by atoms with Gasteiger partial charge in [-0.05, 0) is 40.2 Å². The maximum atomic E-state index is 12.4. The van der Waals surface area contributed by atoms with E-state index in [0.29, 0.717) is 27.0 Å². The summed E-state index contributed by atoms with van der Waals surface area (Å²) in [6.45, 7) is 0. The minimum absolute atomic E-state index is 0.350. The van der Waals surface area contributed by atoms with Crippen LogP contribution in [0.5, 0.6) is 5.75 Å². The number of nitrogens with zero attached hydrogens (tertiary/aromatic N) is 1. The lowest BCUT2D eigenvalue weighted by Crippen LogP contribution is -2.14. The summed E-state index contributed by atoms with van der Waals surface area (Å²) in [4.78, 5) is 12.4. The molecule has 0 aliphatic carbocycles. The molecule has 4 nitrogen and oxygen atoms in total. The Labute approximate surface area is 139 Å². The van der Waals surface area contributed by atoms with E-state index in [1.165, 1.54) is 7.11 Å². The fourth-order valence-electron chi connectivity index (χ4n) is 1.82. The zero-order valence-electron chi connectivity index (χ0n) is 11.0. The van der Waals surface area contributed by atoms with Crippen molar-refractivity contribution in [3.8, 4) is 11.8 Å². The third-order valence-corrected chi connectivity index (χ3v) is 3.80. The molecule has 0 unspecified atom stereocenters. The number of anilines is 1. The summed E-state index contributed by atoms with van der Waals surface area (Å²) in [5, 5.41) is 11.8. The van der Waals surface area contributed by atoms with Gasteiger partial charge >= 0.3 is 0 Å². The van der Waals surface area contributed by atoms with Crippen LogP contribution in [-0.4, -0.2) is 13.0 Å². The number of ether oxygens (including phenoxy) is 1. The largest absolute Gasteiger partial charge is 0.495 e. The Morgan fingerprint density at radius 3 is 2.67 bits per heavy atom. The second-order valence-electron chi connectivity index (χ2n) is 4.08. The van der Waals surface area contributed by atoms with Crippen molar-refractivity contribution in [1.29, 1.82) is 5.26 Å². The summed E-state index contributed by atoms with van der Waals surface area (Å²) in [7, 11) is 1.49. The number of halogens is 2. The van der Waals surface area contributed by atoms with Gasteiger partial charge in [-0.3, -0.25) is 4.79 Å². The first-order valence-electron chi connectivity index (χ1n) is 5.90. The summed E-state index contributed by atoms with van der Waals surface area (Å²) < 4.78 is 6.66. The van der Waals surface area contributed by atoms with Crippen molar-refractivity contribution >= 4 is 43.5 Å². The van der Waals surface area contributed by atoms with Gasteiger partial charge in [0.15, 0.2) is 0 Å². The van der Waals surface area contributed by atoms with E-state index < -0.39 is 0 Å². The molecule has 0 saturated carbocycles. The van der Waals surface area contributed by atoms with E-state index in [-0.39, 0.29) is 5.91 Å². The van der Waals surface area contributed by atoms with Crippen molar-refractivity contribution in [2.24, 2.45) is 0 Å². The Kier molecular flexibility index (Phi) is 4.99. The molecule has 0 saturated heterocycles.